The number of aryl methyl sites for hydroxylation is 1. The van der Waals surface area contributed by atoms with Crippen molar-refractivity contribution >= 4 is 11.6 Å². The summed E-state index contributed by atoms with van der Waals surface area (Å²) in [7, 11) is 1.83. The molecule has 0 fully saturated rings. The molecule has 0 amide bonds. The number of aromatic nitrogens is 1. The van der Waals surface area contributed by atoms with Gasteiger partial charge in [0.25, 0.3) is 0 Å². The van der Waals surface area contributed by atoms with Crippen LogP contribution in [0.1, 0.15) is 19.4 Å². The van der Waals surface area contributed by atoms with Gasteiger partial charge in [-0.05, 0) is 18.6 Å². The van der Waals surface area contributed by atoms with E-state index in [1.165, 1.54) is 0 Å². The molecule has 0 aliphatic heterocycles. The second-order valence-electron chi connectivity index (χ2n) is 2.15. The zero-order chi connectivity index (χ0) is 9.56. The first-order chi connectivity index (χ1) is 5.74. The molecule has 1 aromatic rings. The minimum atomic E-state index is 0.551. The van der Waals surface area contributed by atoms with Crippen molar-refractivity contribution in [3.8, 4) is 0 Å². The first-order valence-electron chi connectivity index (χ1n) is 4.15. The molecule has 0 atom stereocenters. The molecule has 0 aliphatic rings. The van der Waals surface area contributed by atoms with Crippen LogP contribution in [0.4, 0.5) is 11.6 Å². The van der Waals surface area contributed by atoms with Crippen molar-refractivity contribution in [2.24, 2.45) is 0 Å². The van der Waals surface area contributed by atoms with Gasteiger partial charge in [-0.3, -0.25) is 0 Å². The van der Waals surface area contributed by atoms with Crippen LogP contribution in [0.3, 0.4) is 0 Å². The smallest absolute Gasteiger partial charge is 0.131 e. The minimum Gasteiger partial charge on any atom is -0.384 e. The lowest BCUT2D eigenvalue weighted by Gasteiger charge is -2.02. The topological polar surface area (TPSA) is 50.9 Å². The summed E-state index contributed by atoms with van der Waals surface area (Å²) in [6.07, 6.45) is 0. The van der Waals surface area contributed by atoms with Gasteiger partial charge in [0.2, 0.25) is 0 Å². The Morgan fingerprint density at radius 2 is 1.92 bits per heavy atom. The van der Waals surface area contributed by atoms with E-state index in [0.717, 1.165) is 11.4 Å². The number of nitrogens with one attached hydrogen (secondary N) is 1. The van der Waals surface area contributed by atoms with Crippen LogP contribution in [-0.4, -0.2) is 12.0 Å². The summed E-state index contributed by atoms with van der Waals surface area (Å²) in [5.41, 5.74) is 6.56. The highest BCUT2D eigenvalue weighted by atomic mass is 15.0. The van der Waals surface area contributed by atoms with Crippen LogP contribution in [0.25, 0.3) is 0 Å². The highest BCUT2D eigenvalue weighted by Crippen LogP contribution is 2.11. The lowest BCUT2D eigenvalue weighted by Crippen LogP contribution is -1.98. The van der Waals surface area contributed by atoms with Crippen molar-refractivity contribution in [1.82, 2.24) is 4.98 Å². The van der Waals surface area contributed by atoms with Gasteiger partial charge in [-0.25, -0.2) is 4.98 Å². The summed E-state index contributed by atoms with van der Waals surface area (Å²) in [5.74, 6) is 1.40. The van der Waals surface area contributed by atoms with E-state index in [-0.39, 0.29) is 0 Å². The number of nitrogens with zero attached hydrogens (tertiary/aromatic N) is 1. The summed E-state index contributed by atoms with van der Waals surface area (Å²) in [6, 6.07) is 3.73. The summed E-state index contributed by atoms with van der Waals surface area (Å²) in [6.45, 7) is 5.98. The lowest BCUT2D eigenvalue weighted by molar-refractivity contribution is 1.25. The molecule has 1 aromatic heterocycles. The van der Waals surface area contributed by atoms with Crippen molar-refractivity contribution < 1.29 is 0 Å². The Labute approximate surface area is 74.0 Å². The van der Waals surface area contributed by atoms with Gasteiger partial charge in [0, 0.05) is 7.05 Å². The van der Waals surface area contributed by atoms with E-state index in [9.17, 15) is 0 Å². The molecule has 0 spiro atoms. The van der Waals surface area contributed by atoms with E-state index < -0.39 is 0 Å². The predicted octanol–water partition coefficient (Wildman–Crippen LogP) is 2.04. The van der Waals surface area contributed by atoms with Crippen molar-refractivity contribution in [3.05, 3.63) is 17.7 Å². The van der Waals surface area contributed by atoms with Crippen LogP contribution in [-0.2, 0) is 0 Å². The van der Waals surface area contributed by atoms with Crippen molar-refractivity contribution in [1.29, 1.82) is 0 Å². The second kappa shape index (κ2) is 5.41. The lowest BCUT2D eigenvalue weighted by atomic mass is 10.3. The molecular weight excluding hydrogens is 150 g/mol. The highest BCUT2D eigenvalue weighted by molar-refractivity contribution is 5.48. The van der Waals surface area contributed by atoms with E-state index >= 15 is 0 Å². The summed E-state index contributed by atoms with van der Waals surface area (Å²) in [5, 5.41) is 2.94. The second-order valence-corrected chi connectivity index (χ2v) is 2.15. The number of hydrogen-bond acceptors (Lipinski definition) is 3. The van der Waals surface area contributed by atoms with Crippen LogP contribution in [0.2, 0.25) is 0 Å². The Morgan fingerprint density at radius 1 is 1.33 bits per heavy atom. The maximum atomic E-state index is 5.45. The van der Waals surface area contributed by atoms with Crippen LogP contribution < -0.4 is 11.1 Å². The Morgan fingerprint density at radius 3 is 2.33 bits per heavy atom. The van der Waals surface area contributed by atoms with Gasteiger partial charge >= 0.3 is 0 Å². The van der Waals surface area contributed by atoms with Gasteiger partial charge in [-0.15, -0.1) is 0 Å². The molecule has 68 valence electrons. The molecular formula is C9H17N3. The number of hydrogen-bond donors (Lipinski definition) is 2. The highest BCUT2D eigenvalue weighted by Gasteiger charge is 1.95. The van der Waals surface area contributed by atoms with Gasteiger partial charge in [-0.2, -0.15) is 0 Å². The third-order valence-electron chi connectivity index (χ3n) is 1.36. The molecule has 0 saturated carbocycles. The third-order valence-corrected chi connectivity index (χ3v) is 1.36. The monoisotopic (exact) mass is 167 g/mol. The standard InChI is InChI=1S/C7H11N3.C2H6/c1-5-3-4-6(8)10-7(5)9-2;1-2/h3-4H,1-2H3,(H3,8,9,10);1-2H3. The van der Waals surface area contributed by atoms with E-state index in [1.54, 1.807) is 6.07 Å². The normalized spacial score (nSPS) is 8.33. The van der Waals surface area contributed by atoms with E-state index in [1.807, 2.05) is 33.9 Å². The zero-order valence-corrected chi connectivity index (χ0v) is 8.18. The average molecular weight is 167 g/mol. The van der Waals surface area contributed by atoms with Crippen molar-refractivity contribution in [2.75, 3.05) is 18.1 Å². The predicted molar refractivity (Wildman–Crippen MR) is 54.3 cm³/mol. The van der Waals surface area contributed by atoms with Gasteiger partial charge in [-0.1, -0.05) is 19.9 Å². The van der Waals surface area contributed by atoms with Crippen LogP contribution >= 0.6 is 0 Å². The van der Waals surface area contributed by atoms with E-state index in [0.29, 0.717) is 5.82 Å². The molecule has 1 rings (SSSR count). The number of nitrogen functional groups attached to an aromatic ring is 1. The maximum absolute atomic E-state index is 5.45. The molecule has 12 heavy (non-hydrogen) atoms. The summed E-state index contributed by atoms with van der Waals surface area (Å²) < 4.78 is 0. The fourth-order valence-electron chi connectivity index (χ4n) is 0.797. The molecule has 0 unspecified atom stereocenters. The Hall–Kier alpha value is -1.25. The minimum absolute atomic E-state index is 0.551. The molecule has 0 radical (unpaired) electrons. The van der Waals surface area contributed by atoms with Crippen molar-refractivity contribution in [3.63, 3.8) is 0 Å². The van der Waals surface area contributed by atoms with Crippen LogP contribution in [0.15, 0.2) is 12.1 Å². The van der Waals surface area contributed by atoms with Gasteiger partial charge < -0.3 is 11.1 Å². The first-order valence-corrected chi connectivity index (χ1v) is 4.15. The Balaban J connectivity index is 0.000000561. The maximum Gasteiger partial charge on any atom is 0.131 e. The molecule has 0 aliphatic carbocycles. The molecule has 0 bridgehead atoms. The molecule has 0 saturated heterocycles. The Bertz CT molecular complexity index is 233. The third kappa shape index (κ3) is 2.78. The summed E-state index contributed by atoms with van der Waals surface area (Å²) >= 11 is 0. The number of rotatable bonds is 1. The molecule has 3 N–H and O–H groups in total. The first kappa shape index (κ1) is 10.8. The van der Waals surface area contributed by atoms with E-state index in [4.69, 9.17) is 5.73 Å². The van der Waals surface area contributed by atoms with E-state index in [2.05, 4.69) is 10.3 Å². The molecule has 3 nitrogen and oxygen atoms in total. The zero-order valence-electron chi connectivity index (χ0n) is 8.18. The van der Waals surface area contributed by atoms with Gasteiger partial charge in [0.15, 0.2) is 0 Å². The van der Waals surface area contributed by atoms with Crippen LogP contribution in [0.5, 0.6) is 0 Å². The summed E-state index contributed by atoms with van der Waals surface area (Å²) in [4.78, 5) is 4.06. The SMILES string of the molecule is CC.CNc1nc(N)ccc1C. The van der Waals surface area contributed by atoms with Crippen molar-refractivity contribution in [2.45, 2.75) is 20.8 Å². The number of nitrogens with two attached hydrogens (primary N) is 1. The average Bonchev–Trinajstić information content (AvgIpc) is 2.13. The quantitative estimate of drug-likeness (QED) is 0.673. The van der Waals surface area contributed by atoms with Gasteiger partial charge in [0.1, 0.15) is 11.6 Å². The van der Waals surface area contributed by atoms with Crippen LogP contribution in [0, 0.1) is 6.92 Å². The molecule has 3 heteroatoms. The number of anilines is 2. The Kier molecular flexibility index (Phi) is 4.84. The molecule has 0 aromatic carbocycles. The molecule has 1 heterocycles. The number of pyridine rings is 1. The van der Waals surface area contributed by atoms with Gasteiger partial charge in [0.05, 0.1) is 0 Å². The largest absolute Gasteiger partial charge is 0.384 e. The fraction of sp³-hybridized carbons (Fsp3) is 0.444. The fourth-order valence-corrected chi connectivity index (χ4v) is 0.797.